The van der Waals surface area contributed by atoms with Gasteiger partial charge in [0.2, 0.25) is 0 Å². The first-order valence-electron chi connectivity index (χ1n) is 7.72. The molecule has 1 amide bonds. The highest BCUT2D eigenvalue weighted by Gasteiger charge is 2.13. The number of aryl methyl sites for hydroxylation is 1. The Morgan fingerprint density at radius 3 is 2.40 bits per heavy atom. The lowest BCUT2D eigenvalue weighted by Crippen LogP contribution is -2.26. The molecule has 6 heteroatoms. The molecule has 0 fully saturated rings. The molecule has 0 atom stereocenters. The van der Waals surface area contributed by atoms with Gasteiger partial charge in [0, 0.05) is 24.7 Å². The molecule has 0 N–H and O–H groups in total. The van der Waals surface area contributed by atoms with E-state index in [0.29, 0.717) is 29.4 Å². The highest BCUT2D eigenvalue weighted by Crippen LogP contribution is 2.18. The van der Waals surface area contributed by atoms with E-state index >= 15 is 0 Å². The Labute approximate surface area is 145 Å². The van der Waals surface area contributed by atoms with Crippen LogP contribution in [0.1, 0.15) is 27.3 Å². The van der Waals surface area contributed by atoms with Crippen LogP contribution < -0.4 is 0 Å². The Morgan fingerprint density at radius 2 is 1.84 bits per heavy atom. The minimum Gasteiger partial charge on any atom is -0.337 e. The molecular weight excluding hydrogens is 316 g/mol. The topological polar surface area (TPSA) is 83.0 Å². The molecule has 3 rings (SSSR count). The van der Waals surface area contributed by atoms with E-state index in [-0.39, 0.29) is 5.91 Å². The Balaban J connectivity index is 1.70. The Hall–Kier alpha value is -3.46. The van der Waals surface area contributed by atoms with E-state index in [1.165, 1.54) is 0 Å². The van der Waals surface area contributed by atoms with E-state index in [4.69, 9.17) is 9.78 Å². The van der Waals surface area contributed by atoms with Crippen molar-refractivity contribution in [2.45, 2.75) is 13.5 Å². The van der Waals surface area contributed by atoms with Crippen molar-refractivity contribution in [3.8, 4) is 17.5 Å². The molecule has 0 radical (unpaired) electrons. The van der Waals surface area contributed by atoms with Crippen LogP contribution in [0.2, 0.25) is 0 Å². The average Bonchev–Trinajstić information content (AvgIpc) is 3.08. The van der Waals surface area contributed by atoms with Gasteiger partial charge in [0.05, 0.1) is 11.6 Å². The summed E-state index contributed by atoms with van der Waals surface area (Å²) in [7, 11) is 1.75. The van der Waals surface area contributed by atoms with Gasteiger partial charge in [-0.3, -0.25) is 4.79 Å². The summed E-state index contributed by atoms with van der Waals surface area (Å²) in [6.45, 7) is 2.22. The van der Waals surface area contributed by atoms with Gasteiger partial charge in [-0.15, -0.1) is 0 Å². The molecule has 124 valence electrons. The largest absolute Gasteiger partial charge is 0.337 e. The van der Waals surface area contributed by atoms with Gasteiger partial charge in [0.25, 0.3) is 11.8 Å². The minimum absolute atomic E-state index is 0.0855. The minimum atomic E-state index is -0.0855. The number of amides is 1. The Morgan fingerprint density at radius 1 is 1.16 bits per heavy atom. The van der Waals surface area contributed by atoms with Gasteiger partial charge in [-0.2, -0.15) is 10.2 Å². The lowest BCUT2D eigenvalue weighted by atomic mass is 10.1. The van der Waals surface area contributed by atoms with Crippen molar-refractivity contribution in [1.29, 1.82) is 5.26 Å². The lowest BCUT2D eigenvalue weighted by Gasteiger charge is -2.17. The highest BCUT2D eigenvalue weighted by atomic mass is 16.5. The molecule has 25 heavy (non-hydrogen) atoms. The maximum atomic E-state index is 12.5. The highest BCUT2D eigenvalue weighted by molar-refractivity contribution is 5.94. The summed E-state index contributed by atoms with van der Waals surface area (Å²) in [5.74, 6) is 0.914. The van der Waals surface area contributed by atoms with Gasteiger partial charge in [-0.05, 0) is 48.9 Å². The third-order valence-electron chi connectivity index (χ3n) is 3.76. The molecule has 0 saturated carbocycles. The number of hydrogen-bond acceptors (Lipinski definition) is 5. The van der Waals surface area contributed by atoms with Crippen molar-refractivity contribution < 1.29 is 9.32 Å². The van der Waals surface area contributed by atoms with Gasteiger partial charge in [-0.1, -0.05) is 17.3 Å². The molecule has 0 spiro atoms. The normalized spacial score (nSPS) is 10.3. The van der Waals surface area contributed by atoms with Gasteiger partial charge in [-0.25, -0.2) is 0 Å². The summed E-state index contributed by atoms with van der Waals surface area (Å²) in [6.07, 6.45) is 0. The van der Waals surface area contributed by atoms with E-state index in [1.54, 1.807) is 55.3 Å². The number of nitriles is 1. The van der Waals surface area contributed by atoms with Crippen LogP contribution in [-0.2, 0) is 6.54 Å². The molecule has 0 aliphatic carbocycles. The number of rotatable bonds is 4. The molecule has 0 aliphatic rings. The molecule has 0 aliphatic heterocycles. The van der Waals surface area contributed by atoms with Crippen LogP contribution in [0, 0.1) is 18.3 Å². The first-order valence-corrected chi connectivity index (χ1v) is 7.72. The molecular formula is C19H16N4O2. The fourth-order valence-electron chi connectivity index (χ4n) is 2.42. The fourth-order valence-corrected chi connectivity index (χ4v) is 2.42. The predicted molar refractivity (Wildman–Crippen MR) is 91.4 cm³/mol. The van der Waals surface area contributed by atoms with Crippen molar-refractivity contribution in [3.05, 3.63) is 71.0 Å². The van der Waals surface area contributed by atoms with Crippen LogP contribution in [0.3, 0.4) is 0 Å². The quantitative estimate of drug-likeness (QED) is 0.732. The second-order valence-electron chi connectivity index (χ2n) is 5.69. The summed E-state index contributed by atoms with van der Waals surface area (Å²) in [5.41, 5.74) is 2.92. The maximum Gasteiger partial charge on any atom is 0.257 e. The Kier molecular flexibility index (Phi) is 4.57. The van der Waals surface area contributed by atoms with Crippen LogP contribution in [0.25, 0.3) is 11.5 Å². The molecule has 6 nitrogen and oxygen atoms in total. The maximum absolute atomic E-state index is 12.5. The van der Waals surface area contributed by atoms with E-state index in [9.17, 15) is 4.79 Å². The van der Waals surface area contributed by atoms with Crippen molar-refractivity contribution >= 4 is 5.91 Å². The van der Waals surface area contributed by atoms with Crippen LogP contribution in [0.4, 0.5) is 0 Å². The zero-order valence-electron chi connectivity index (χ0n) is 13.9. The number of carbonyl (C=O) groups excluding carboxylic acids is 1. The second kappa shape index (κ2) is 6.97. The molecule has 1 aromatic heterocycles. The van der Waals surface area contributed by atoms with Crippen molar-refractivity contribution in [2.75, 3.05) is 7.05 Å². The van der Waals surface area contributed by atoms with E-state index in [1.807, 2.05) is 12.1 Å². The van der Waals surface area contributed by atoms with Crippen LogP contribution in [0.15, 0.2) is 53.1 Å². The fraction of sp³-hybridized carbons (Fsp3) is 0.158. The first-order chi connectivity index (χ1) is 12.1. The van der Waals surface area contributed by atoms with Gasteiger partial charge < -0.3 is 9.42 Å². The summed E-state index contributed by atoms with van der Waals surface area (Å²) in [4.78, 5) is 18.3. The monoisotopic (exact) mass is 332 g/mol. The zero-order valence-corrected chi connectivity index (χ0v) is 13.9. The molecule has 2 aromatic carbocycles. The lowest BCUT2D eigenvalue weighted by molar-refractivity contribution is 0.0785. The smallest absolute Gasteiger partial charge is 0.257 e. The van der Waals surface area contributed by atoms with Crippen LogP contribution >= 0.6 is 0 Å². The van der Waals surface area contributed by atoms with E-state index in [0.717, 1.165) is 11.1 Å². The summed E-state index contributed by atoms with van der Waals surface area (Å²) >= 11 is 0. The zero-order chi connectivity index (χ0) is 17.8. The van der Waals surface area contributed by atoms with Crippen molar-refractivity contribution in [1.82, 2.24) is 15.0 Å². The van der Waals surface area contributed by atoms with Crippen LogP contribution in [0.5, 0.6) is 0 Å². The van der Waals surface area contributed by atoms with Gasteiger partial charge in [0.15, 0.2) is 5.82 Å². The number of nitrogens with zero attached hydrogens (tertiary/aromatic N) is 4. The third-order valence-corrected chi connectivity index (χ3v) is 3.76. The third kappa shape index (κ3) is 3.72. The molecule has 3 aromatic rings. The van der Waals surface area contributed by atoms with Gasteiger partial charge in [0.1, 0.15) is 0 Å². The number of hydrogen-bond donors (Lipinski definition) is 0. The average molecular weight is 332 g/mol. The van der Waals surface area contributed by atoms with Gasteiger partial charge >= 0.3 is 0 Å². The number of benzene rings is 2. The standard InChI is InChI=1S/C19H16N4O2/c1-13-21-18(25-22-13)16-7-9-17(10-8-16)19(24)23(2)12-15-5-3-14(11-20)4-6-15/h3-10H,12H2,1-2H3. The molecule has 0 saturated heterocycles. The summed E-state index contributed by atoms with van der Waals surface area (Å²) in [5, 5.41) is 12.6. The van der Waals surface area contributed by atoms with E-state index < -0.39 is 0 Å². The summed E-state index contributed by atoms with van der Waals surface area (Å²) < 4.78 is 5.12. The number of carbonyl (C=O) groups is 1. The van der Waals surface area contributed by atoms with Crippen LogP contribution in [-0.4, -0.2) is 28.0 Å². The van der Waals surface area contributed by atoms with Crippen molar-refractivity contribution in [3.63, 3.8) is 0 Å². The molecule has 0 unspecified atom stereocenters. The molecule has 0 bridgehead atoms. The predicted octanol–water partition coefficient (Wildman–Crippen LogP) is 3.19. The Bertz CT molecular complexity index is 921. The molecule has 1 heterocycles. The van der Waals surface area contributed by atoms with E-state index in [2.05, 4.69) is 16.2 Å². The second-order valence-corrected chi connectivity index (χ2v) is 5.69. The van der Waals surface area contributed by atoms with Crippen molar-refractivity contribution in [2.24, 2.45) is 0 Å². The summed E-state index contributed by atoms with van der Waals surface area (Å²) in [6, 6.07) is 16.3. The first kappa shape index (κ1) is 16.4. The number of aromatic nitrogens is 2. The SMILES string of the molecule is Cc1noc(-c2ccc(C(=O)N(C)Cc3ccc(C#N)cc3)cc2)n1.